The van der Waals surface area contributed by atoms with Crippen molar-refractivity contribution in [2.75, 3.05) is 11.5 Å². The van der Waals surface area contributed by atoms with E-state index in [0.717, 1.165) is 29.5 Å². The number of ether oxygens (including phenoxy) is 1. The lowest BCUT2D eigenvalue weighted by Gasteiger charge is -2.23. The molecule has 1 saturated heterocycles. The standard InChI is InChI=1S/C32H30ClN3O4S2/c1-4-5-16-40-23-14-12-21(13-15-23)27-26(28(37)24-17-19(2)10-11-20(24)3)29(38)30(39)36(27)31-34-35-32(42-31)41-18-22-8-6-7-9-25(22)33/h6-15,17,27,37H,4-5,16,18H2,1-3H3. The van der Waals surface area contributed by atoms with Gasteiger partial charge in [0, 0.05) is 16.3 Å². The molecule has 10 heteroatoms. The summed E-state index contributed by atoms with van der Waals surface area (Å²) in [5, 5.41) is 21.1. The van der Waals surface area contributed by atoms with Gasteiger partial charge in [-0.2, -0.15) is 0 Å². The third kappa shape index (κ3) is 6.23. The van der Waals surface area contributed by atoms with Crippen LogP contribution in [0.5, 0.6) is 5.75 Å². The van der Waals surface area contributed by atoms with Crippen LogP contribution in [0.15, 0.2) is 76.6 Å². The Morgan fingerprint density at radius 2 is 1.83 bits per heavy atom. The number of aliphatic hydroxyl groups is 1. The Balaban J connectivity index is 1.54. The van der Waals surface area contributed by atoms with Crippen LogP contribution in [0, 0.1) is 13.8 Å². The van der Waals surface area contributed by atoms with Gasteiger partial charge >= 0.3 is 5.91 Å². The molecule has 1 aliphatic rings. The van der Waals surface area contributed by atoms with Crippen LogP contribution in [-0.4, -0.2) is 33.6 Å². The molecule has 1 fully saturated rings. The van der Waals surface area contributed by atoms with Gasteiger partial charge in [-0.3, -0.25) is 14.5 Å². The Kier molecular flexibility index (Phi) is 9.30. The SMILES string of the molecule is CCCCOc1ccc(C2C(=C(O)c3cc(C)ccc3C)C(=O)C(=O)N2c2nnc(SCc3ccccc3Cl)s2)cc1. The van der Waals surface area contributed by atoms with Crippen LogP contribution < -0.4 is 9.64 Å². The first kappa shape index (κ1) is 29.8. The van der Waals surface area contributed by atoms with Gasteiger partial charge in [0.15, 0.2) is 4.34 Å². The van der Waals surface area contributed by atoms with Gasteiger partial charge in [0.05, 0.1) is 18.2 Å². The lowest BCUT2D eigenvalue weighted by Crippen LogP contribution is -2.29. The molecule has 1 N–H and O–H groups in total. The number of benzene rings is 3. The Morgan fingerprint density at radius 3 is 2.57 bits per heavy atom. The third-order valence-corrected chi connectivity index (χ3v) is 9.44. The predicted octanol–water partition coefficient (Wildman–Crippen LogP) is 7.91. The summed E-state index contributed by atoms with van der Waals surface area (Å²) >= 11 is 8.97. The van der Waals surface area contributed by atoms with Crippen LogP contribution in [0.1, 0.15) is 53.6 Å². The van der Waals surface area contributed by atoms with Crippen molar-refractivity contribution in [1.82, 2.24) is 10.2 Å². The molecule has 5 rings (SSSR count). The summed E-state index contributed by atoms with van der Waals surface area (Å²) in [6.45, 7) is 6.46. The van der Waals surface area contributed by atoms with Gasteiger partial charge in [0.2, 0.25) is 5.13 Å². The number of aromatic nitrogens is 2. The van der Waals surface area contributed by atoms with Crippen LogP contribution in [0.25, 0.3) is 5.76 Å². The van der Waals surface area contributed by atoms with Crippen LogP contribution in [0.4, 0.5) is 5.13 Å². The number of ketones is 1. The molecular weight excluding hydrogens is 590 g/mol. The summed E-state index contributed by atoms with van der Waals surface area (Å²) < 4.78 is 6.45. The minimum absolute atomic E-state index is 0.00817. The molecule has 1 unspecified atom stereocenters. The molecule has 1 atom stereocenters. The van der Waals surface area contributed by atoms with Crippen molar-refractivity contribution < 1.29 is 19.4 Å². The first-order valence-electron chi connectivity index (χ1n) is 13.6. The molecule has 0 saturated carbocycles. The lowest BCUT2D eigenvalue weighted by molar-refractivity contribution is -0.132. The molecule has 1 aromatic heterocycles. The van der Waals surface area contributed by atoms with Crippen molar-refractivity contribution in [3.63, 3.8) is 0 Å². The quantitative estimate of drug-likeness (QED) is 0.0481. The summed E-state index contributed by atoms with van der Waals surface area (Å²) in [6, 6.07) is 19.6. The first-order chi connectivity index (χ1) is 20.3. The van der Waals surface area contributed by atoms with E-state index in [-0.39, 0.29) is 16.5 Å². The highest BCUT2D eigenvalue weighted by molar-refractivity contribution is 8.00. The molecule has 4 aromatic rings. The fraction of sp³-hybridized carbons (Fsp3) is 0.250. The topological polar surface area (TPSA) is 92.6 Å². The highest BCUT2D eigenvalue weighted by Gasteiger charge is 2.48. The predicted molar refractivity (Wildman–Crippen MR) is 168 cm³/mol. The Hall–Kier alpha value is -3.66. The largest absolute Gasteiger partial charge is 0.507 e. The van der Waals surface area contributed by atoms with Crippen molar-refractivity contribution in [3.8, 4) is 5.75 Å². The molecule has 0 bridgehead atoms. The molecule has 0 spiro atoms. The average Bonchev–Trinajstić information content (AvgIpc) is 3.56. The van der Waals surface area contributed by atoms with E-state index in [1.165, 1.54) is 28.0 Å². The molecule has 42 heavy (non-hydrogen) atoms. The molecule has 3 aromatic carbocycles. The number of amides is 1. The number of halogens is 1. The smallest absolute Gasteiger partial charge is 0.301 e. The normalized spacial score (nSPS) is 16.3. The van der Waals surface area contributed by atoms with Gasteiger partial charge in [-0.1, -0.05) is 96.1 Å². The summed E-state index contributed by atoms with van der Waals surface area (Å²) in [6.07, 6.45) is 1.96. The highest BCUT2D eigenvalue weighted by Crippen LogP contribution is 2.44. The zero-order valence-corrected chi connectivity index (χ0v) is 25.9. The van der Waals surface area contributed by atoms with E-state index in [0.29, 0.717) is 38.6 Å². The van der Waals surface area contributed by atoms with Gasteiger partial charge in [0.1, 0.15) is 11.5 Å². The molecule has 0 radical (unpaired) electrons. The summed E-state index contributed by atoms with van der Waals surface area (Å²) in [5.74, 6) is -0.505. The molecule has 2 heterocycles. The number of aliphatic hydroxyl groups excluding tert-OH is 1. The zero-order chi connectivity index (χ0) is 29.8. The fourth-order valence-corrected chi connectivity index (χ4v) is 6.83. The van der Waals surface area contributed by atoms with Gasteiger partial charge in [0.25, 0.3) is 5.78 Å². The number of thioether (sulfide) groups is 1. The second kappa shape index (κ2) is 13.1. The second-order valence-corrected chi connectivity index (χ2v) is 12.6. The maximum atomic E-state index is 13.6. The van der Waals surface area contributed by atoms with Crippen LogP contribution in [0.3, 0.4) is 0 Å². The third-order valence-electron chi connectivity index (χ3n) is 6.97. The second-order valence-electron chi connectivity index (χ2n) is 9.99. The molecule has 216 valence electrons. The molecular formula is C32H30ClN3O4S2. The number of carbonyl (C=O) groups is 2. The highest BCUT2D eigenvalue weighted by atomic mass is 35.5. The number of anilines is 1. The van der Waals surface area contributed by atoms with E-state index in [9.17, 15) is 14.7 Å². The maximum absolute atomic E-state index is 13.6. The van der Waals surface area contributed by atoms with E-state index >= 15 is 0 Å². The van der Waals surface area contributed by atoms with E-state index < -0.39 is 17.7 Å². The van der Waals surface area contributed by atoms with Gasteiger partial charge in [-0.05, 0) is 61.2 Å². The van der Waals surface area contributed by atoms with Crippen LogP contribution in [-0.2, 0) is 15.3 Å². The lowest BCUT2D eigenvalue weighted by atomic mass is 9.93. The first-order valence-corrected chi connectivity index (χ1v) is 15.8. The van der Waals surface area contributed by atoms with Crippen LogP contribution in [0.2, 0.25) is 5.02 Å². The zero-order valence-electron chi connectivity index (χ0n) is 23.5. The molecule has 7 nitrogen and oxygen atoms in total. The number of hydrogen-bond acceptors (Lipinski definition) is 8. The van der Waals surface area contributed by atoms with E-state index in [1.54, 1.807) is 0 Å². The van der Waals surface area contributed by atoms with Crippen molar-refractivity contribution >= 4 is 57.3 Å². The van der Waals surface area contributed by atoms with Gasteiger partial charge < -0.3 is 9.84 Å². The fourth-order valence-electron chi connectivity index (χ4n) is 4.68. The Morgan fingerprint density at radius 1 is 1.07 bits per heavy atom. The average molecular weight is 620 g/mol. The number of carbonyl (C=O) groups excluding carboxylic acids is 2. The van der Waals surface area contributed by atoms with E-state index in [4.69, 9.17) is 16.3 Å². The van der Waals surface area contributed by atoms with Crippen molar-refractivity contribution in [2.45, 2.75) is 49.7 Å². The minimum atomic E-state index is -0.899. The number of Topliss-reactive ketones (excluding diaryl/α,β-unsaturated/α-hetero) is 1. The number of rotatable bonds is 10. The van der Waals surface area contributed by atoms with Crippen LogP contribution >= 0.6 is 34.7 Å². The number of aryl methyl sites for hydroxylation is 2. The number of hydrogen-bond donors (Lipinski definition) is 1. The summed E-state index contributed by atoms with van der Waals surface area (Å²) in [4.78, 5) is 28.5. The van der Waals surface area contributed by atoms with E-state index in [1.807, 2.05) is 80.6 Å². The van der Waals surface area contributed by atoms with Crippen molar-refractivity contribution in [2.24, 2.45) is 0 Å². The van der Waals surface area contributed by atoms with Gasteiger partial charge in [-0.15, -0.1) is 10.2 Å². The molecule has 1 amide bonds. The summed E-state index contributed by atoms with van der Waals surface area (Å²) in [5.41, 5.74) is 3.82. The monoisotopic (exact) mass is 619 g/mol. The number of nitrogens with zero attached hydrogens (tertiary/aromatic N) is 3. The minimum Gasteiger partial charge on any atom is -0.507 e. The van der Waals surface area contributed by atoms with Gasteiger partial charge in [-0.25, -0.2) is 0 Å². The van der Waals surface area contributed by atoms with Crippen molar-refractivity contribution in [1.29, 1.82) is 0 Å². The van der Waals surface area contributed by atoms with E-state index in [2.05, 4.69) is 17.1 Å². The summed E-state index contributed by atoms with van der Waals surface area (Å²) in [7, 11) is 0. The Bertz CT molecular complexity index is 1650. The maximum Gasteiger partial charge on any atom is 0.301 e. The van der Waals surface area contributed by atoms with Crippen molar-refractivity contribution in [3.05, 3.63) is 105 Å². The molecule has 1 aliphatic heterocycles. The molecule has 0 aliphatic carbocycles. The Labute approximate surface area is 258 Å². The number of unbranched alkanes of at least 4 members (excludes halogenated alkanes) is 1.